The number of fused-ring (bicyclic) bond motifs is 1. The van der Waals surface area contributed by atoms with Crippen LogP contribution in [0.15, 0.2) is 66.7 Å². The predicted octanol–water partition coefficient (Wildman–Crippen LogP) is 4.89. The molecule has 0 saturated carbocycles. The van der Waals surface area contributed by atoms with Crippen LogP contribution in [0, 0.1) is 5.92 Å². The van der Waals surface area contributed by atoms with Crippen LogP contribution in [0.5, 0.6) is 17.2 Å². The third-order valence-corrected chi connectivity index (χ3v) is 7.30. The zero-order valence-electron chi connectivity index (χ0n) is 21.8. The molecule has 4 rings (SSSR count). The molecule has 0 aliphatic heterocycles. The van der Waals surface area contributed by atoms with Crippen molar-refractivity contribution in [3.63, 3.8) is 0 Å². The number of esters is 2. The molecular weight excluding hydrogens is 472 g/mol. The second-order valence-electron chi connectivity index (χ2n) is 8.98. The van der Waals surface area contributed by atoms with Gasteiger partial charge in [-0.15, -0.1) is 0 Å². The van der Waals surface area contributed by atoms with Gasteiger partial charge in [-0.2, -0.15) is 0 Å². The van der Waals surface area contributed by atoms with Crippen LogP contribution >= 0.6 is 0 Å². The van der Waals surface area contributed by atoms with E-state index in [2.05, 4.69) is 24.3 Å². The topological polar surface area (TPSA) is 80.3 Å². The van der Waals surface area contributed by atoms with Gasteiger partial charge in [0.1, 0.15) is 0 Å². The first-order valence-corrected chi connectivity index (χ1v) is 12.1. The number of carbonyl (C=O) groups is 2. The normalized spacial score (nSPS) is 15.6. The van der Waals surface area contributed by atoms with E-state index in [-0.39, 0.29) is 12.3 Å². The standard InChI is InChI=1S/C30H32O7/c1-33-24-17-22-19(16-23(28(31)36-4)29(32)37-5)18-30(20-12-8-6-9-13-20,21-14-10-7-11-15-21)25(22)27(35-3)26(24)34-2/h6-15,17,19,23H,16,18H2,1-5H3. The lowest BCUT2D eigenvalue weighted by molar-refractivity contribution is -0.159. The van der Waals surface area contributed by atoms with E-state index >= 15 is 0 Å². The Bertz CT molecular complexity index is 1200. The Hall–Kier alpha value is -4.00. The molecule has 0 aromatic heterocycles. The summed E-state index contributed by atoms with van der Waals surface area (Å²) in [4.78, 5) is 25.3. The second-order valence-corrected chi connectivity index (χ2v) is 8.98. The molecule has 1 aliphatic carbocycles. The van der Waals surface area contributed by atoms with Crippen molar-refractivity contribution in [3.8, 4) is 17.2 Å². The van der Waals surface area contributed by atoms with Crippen LogP contribution < -0.4 is 14.2 Å². The summed E-state index contributed by atoms with van der Waals surface area (Å²) in [6, 6.07) is 22.3. The number of benzene rings is 3. The van der Waals surface area contributed by atoms with Crippen molar-refractivity contribution in [2.45, 2.75) is 24.2 Å². The fraction of sp³-hybridized carbons (Fsp3) is 0.333. The molecule has 3 aromatic carbocycles. The predicted molar refractivity (Wildman–Crippen MR) is 138 cm³/mol. The molecular formula is C30H32O7. The highest BCUT2D eigenvalue weighted by atomic mass is 16.5. The Morgan fingerprint density at radius 3 is 1.73 bits per heavy atom. The lowest BCUT2D eigenvalue weighted by Crippen LogP contribution is -2.30. The Balaban J connectivity index is 2.05. The molecule has 0 saturated heterocycles. The van der Waals surface area contributed by atoms with Crippen molar-refractivity contribution < 1.29 is 33.3 Å². The minimum Gasteiger partial charge on any atom is -0.493 e. The van der Waals surface area contributed by atoms with Crippen LogP contribution in [0.25, 0.3) is 0 Å². The van der Waals surface area contributed by atoms with Gasteiger partial charge in [-0.05, 0) is 41.5 Å². The maximum atomic E-state index is 12.7. The lowest BCUT2D eigenvalue weighted by atomic mass is 9.69. The summed E-state index contributed by atoms with van der Waals surface area (Å²) in [5.74, 6) is -1.01. The zero-order chi connectivity index (χ0) is 26.6. The number of carbonyl (C=O) groups excluding carboxylic acids is 2. The van der Waals surface area contributed by atoms with Crippen molar-refractivity contribution in [2.24, 2.45) is 5.92 Å². The van der Waals surface area contributed by atoms with E-state index in [1.807, 2.05) is 42.5 Å². The summed E-state index contributed by atoms with van der Waals surface area (Å²) in [6.45, 7) is 0. The maximum absolute atomic E-state index is 12.7. The molecule has 1 atom stereocenters. The third kappa shape index (κ3) is 4.39. The number of hydrogen-bond donors (Lipinski definition) is 0. The molecule has 0 N–H and O–H groups in total. The monoisotopic (exact) mass is 504 g/mol. The van der Waals surface area contributed by atoms with Crippen molar-refractivity contribution >= 4 is 11.9 Å². The van der Waals surface area contributed by atoms with Crippen LogP contribution in [0.1, 0.15) is 41.0 Å². The van der Waals surface area contributed by atoms with Gasteiger partial charge in [-0.25, -0.2) is 0 Å². The van der Waals surface area contributed by atoms with E-state index in [9.17, 15) is 9.59 Å². The smallest absolute Gasteiger partial charge is 0.320 e. The van der Waals surface area contributed by atoms with E-state index in [1.54, 1.807) is 21.3 Å². The molecule has 0 spiro atoms. The first-order valence-electron chi connectivity index (χ1n) is 12.1. The number of ether oxygens (including phenoxy) is 5. The van der Waals surface area contributed by atoms with Gasteiger partial charge in [0.05, 0.1) is 35.5 Å². The van der Waals surface area contributed by atoms with E-state index in [0.29, 0.717) is 23.7 Å². The Morgan fingerprint density at radius 2 is 1.30 bits per heavy atom. The molecule has 1 aliphatic rings. The number of hydrogen-bond acceptors (Lipinski definition) is 7. The summed E-state index contributed by atoms with van der Waals surface area (Å²) in [6.07, 6.45) is 0.778. The molecule has 194 valence electrons. The van der Waals surface area contributed by atoms with Gasteiger partial charge in [-0.3, -0.25) is 9.59 Å². The zero-order valence-corrected chi connectivity index (χ0v) is 21.8. The van der Waals surface area contributed by atoms with Gasteiger partial charge >= 0.3 is 11.9 Å². The molecule has 3 aromatic rings. The molecule has 7 heteroatoms. The summed E-state index contributed by atoms with van der Waals surface area (Å²) >= 11 is 0. The van der Waals surface area contributed by atoms with Crippen LogP contribution in [-0.4, -0.2) is 47.5 Å². The van der Waals surface area contributed by atoms with Gasteiger partial charge in [0.25, 0.3) is 0 Å². The Labute approximate surface area is 217 Å². The molecule has 1 unspecified atom stereocenters. The van der Waals surface area contributed by atoms with Crippen LogP contribution in [-0.2, 0) is 24.5 Å². The van der Waals surface area contributed by atoms with Crippen LogP contribution in [0.2, 0.25) is 0 Å². The molecule has 37 heavy (non-hydrogen) atoms. The van der Waals surface area contributed by atoms with E-state index in [1.165, 1.54) is 14.2 Å². The highest BCUT2D eigenvalue weighted by molar-refractivity contribution is 5.95. The van der Waals surface area contributed by atoms with Gasteiger partial charge in [0, 0.05) is 11.0 Å². The van der Waals surface area contributed by atoms with Gasteiger partial charge in [-0.1, -0.05) is 60.7 Å². The van der Waals surface area contributed by atoms with E-state index < -0.39 is 23.3 Å². The first kappa shape index (κ1) is 26.1. The van der Waals surface area contributed by atoms with Gasteiger partial charge in [0.2, 0.25) is 5.75 Å². The summed E-state index contributed by atoms with van der Waals surface area (Å²) < 4.78 is 27.4. The minimum absolute atomic E-state index is 0.201. The molecule has 0 radical (unpaired) electrons. The molecule has 0 fully saturated rings. The molecule has 0 heterocycles. The Morgan fingerprint density at radius 1 is 0.784 bits per heavy atom. The molecule has 7 nitrogen and oxygen atoms in total. The van der Waals surface area contributed by atoms with Crippen molar-refractivity contribution in [1.82, 2.24) is 0 Å². The average Bonchev–Trinajstić information content (AvgIpc) is 3.29. The third-order valence-electron chi connectivity index (χ3n) is 7.30. The van der Waals surface area contributed by atoms with Gasteiger partial charge in [0.15, 0.2) is 17.4 Å². The van der Waals surface area contributed by atoms with Crippen LogP contribution in [0.4, 0.5) is 0 Å². The summed E-state index contributed by atoms with van der Waals surface area (Å²) in [7, 11) is 7.31. The fourth-order valence-corrected chi connectivity index (χ4v) is 5.72. The number of rotatable bonds is 9. The lowest BCUT2D eigenvalue weighted by Gasteiger charge is -2.34. The second kappa shape index (κ2) is 10.9. The average molecular weight is 505 g/mol. The van der Waals surface area contributed by atoms with Gasteiger partial charge < -0.3 is 23.7 Å². The molecule has 0 amide bonds. The van der Waals surface area contributed by atoms with Crippen molar-refractivity contribution in [3.05, 3.63) is 89.0 Å². The Kier molecular flexibility index (Phi) is 7.71. The van der Waals surface area contributed by atoms with Crippen molar-refractivity contribution in [1.29, 1.82) is 0 Å². The SMILES string of the molecule is COC(=O)C(CC1CC(c2ccccc2)(c2ccccc2)c2c1cc(OC)c(OC)c2OC)C(=O)OC. The molecule has 0 bridgehead atoms. The first-order chi connectivity index (χ1) is 18.0. The minimum atomic E-state index is -1.07. The quantitative estimate of drug-likeness (QED) is 0.303. The highest BCUT2D eigenvalue weighted by Crippen LogP contribution is 2.61. The van der Waals surface area contributed by atoms with E-state index in [0.717, 1.165) is 22.3 Å². The summed E-state index contributed by atoms with van der Waals surface area (Å²) in [5.41, 5.74) is 3.30. The number of methoxy groups -OCH3 is 5. The van der Waals surface area contributed by atoms with E-state index in [4.69, 9.17) is 23.7 Å². The van der Waals surface area contributed by atoms with Crippen molar-refractivity contribution in [2.75, 3.05) is 35.5 Å². The largest absolute Gasteiger partial charge is 0.493 e. The fourth-order valence-electron chi connectivity index (χ4n) is 5.72. The summed E-state index contributed by atoms with van der Waals surface area (Å²) in [5, 5.41) is 0. The van der Waals surface area contributed by atoms with Crippen LogP contribution in [0.3, 0.4) is 0 Å². The maximum Gasteiger partial charge on any atom is 0.320 e. The highest BCUT2D eigenvalue weighted by Gasteiger charge is 2.51.